The Balaban J connectivity index is 1.72. The highest BCUT2D eigenvalue weighted by Crippen LogP contribution is 2.27. The van der Waals surface area contributed by atoms with Gasteiger partial charge in [0.05, 0.1) is 20.3 Å². The van der Waals surface area contributed by atoms with Gasteiger partial charge in [-0.15, -0.1) is 0 Å². The van der Waals surface area contributed by atoms with Crippen molar-refractivity contribution < 1.29 is 14.6 Å². The Kier molecular flexibility index (Phi) is 5.25. The van der Waals surface area contributed by atoms with Crippen molar-refractivity contribution in [2.75, 3.05) is 43.6 Å². The number of ether oxygens (including phenoxy) is 2. The number of benzene rings is 2. The first-order chi connectivity index (χ1) is 13.7. The van der Waals surface area contributed by atoms with E-state index in [4.69, 9.17) is 14.5 Å². The molecule has 7 nitrogen and oxygen atoms in total. The number of morpholine rings is 1. The maximum Gasteiger partial charge on any atom is 0.164 e. The second kappa shape index (κ2) is 8.14. The summed E-state index contributed by atoms with van der Waals surface area (Å²) in [5.41, 5.74) is 1.62. The molecular weight excluding hydrogens is 356 g/mol. The Morgan fingerprint density at radius 3 is 2.64 bits per heavy atom. The van der Waals surface area contributed by atoms with Crippen LogP contribution >= 0.6 is 0 Å². The van der Waals surface area contributed by atoms with Crippen LogP contribution in [0.1, 0.15) is 0 Å². The van der Waals surface area contributed by atoms with Crippen molar-refractivity contribution in [2.45, 2.75) is 0 Å². The van der Waals surface area contributed by atoms with Gasteiger partial charge >= 0.3 is 0 Å². The number of anilines is 3. The number of phenols is 1. The van der Waals surface area contributed by atoms with Crippen LogP contribution in [0.2, 0.25) is 0 Å². The molecule has 1 saturated heterocycles. The first-order valence-corrected chi connectivity index (χ1v) is 9.13. The van der Waals surface area contributed by atoms with Crippen molar-refractivity contribution in [3.63, 3.8) is 0 Å². The predicted octanol–water partition coefficient (Wildman–Crippen LogP) is 3.44. The Bertz CT molecular complexity index is 958. The molecule has 0 atom stereocenters. The summed E-state index contributed by atoms with van der Waals surface area (Å²) < 4.78 is 10.8. The average Bonchev–Trinajstić information content (AvgIpc) is 2.74. The third-order valence-corrected chi connectivity index (χ3v) is 4.49. The van der Waals surface area contributed by atoms with Gasteiger partial charge in [0.15, 0.2) is 5.82 Å². The molecule has 4 rings (SSSR count). The predicted molar refractivity (Wildman–Crippen MR) is 108 cm³/mol. The molecular formula is C21H22N4O3. The molecule has 3 aromatic rings. The van der Waals surface area contributed by atoms with Gasteiger partial charge in [0.25, 0.3) is 0 Å². The number of methoxy groups -OCH3 is 1. The van der Waals surface area contributed by atoms with E-state index in [-0.39, 0.29) is 5.75 Å². The maximum atomic E-state index is 9.84. The van der Waals surface area contributed by atoms with Crippen molar-refractivity contribution in [1.82, 2.24) is 9.97 Å². The summed E-state index contributed by atoms with van der Waals surface area (Å²) in [4.78, 5) is 11.6. The first kappa shape index (κ1) is 18.1. The zero-order valence-electron chi connectivity index (χ0n) is 15.6. The van der Waals surface area contributed by atoms with Gasteiger partial charge in [0.2, 0.25) is 0 Å². The summed E-state index contributed by atoms with van der Waals surface area (Å²) in [6.45, 7) is 2.89. The second-order valence-electron chi connectivity index (χ2n) is 6.44. The fourth-order valence-electron chi connectivity index (χ4n) is 3.08. The molecule has 2 heterocycles. The SMILES string of the molecule is COc1cccc(Nc2cc(N3CCOCC3)nc(-c3cccc(O)c3)n2)c1. The summed E-state index contributed by atoms with van der Waals surface area (Å²) in [6.07, 6.45) is 0. The minimum absolute atomic E-state index is 0.181. The zero-order chi connectivity index (χ0) is 19.3. The van der Waals surface area contributed by atoms with E-state index in [0.717, 1.165) is 35.9 Å². The molecule has 1 aromatic heterocycles. The van der Waals surface area contributed by atoms with Gasteiger partial charge in [-0.1, -0.05) is 18.2 Å². The standard InChI is InChI=1S/C21H22N4O3/c1-27-18-7-3-5-16(13-18)22-19-14-20(25-8-10-28-11-9-25)24-21(23-19)15-4-2-6-17(26)12-15/h2-7,12-14,26H,8-11H2,1H3,(H,22,23,24). The van der Waals surface area contributed by atoms with Crippen molar-refractivity contribution >= 4 is 17.3 Å². The summed E-state index contributed by atoms with van der Waals surface area (Å²) in [5, 5.41) is 13.2. The van der Waals surface area contributed by atoms with Gasteiger partial charge in [0, 0.05) is 36.5 Å². The number of nitrogens with zero attached hydrogens (tertiary/aromatic N) is 3. The Morgan fingerprint density at radius 2 is 1.86 bits per heavy atom. The normalized spacial score (nSPS) is 14.0. The van der Waals surface area contributed by atoms with E-state index in [1.54, 1.807) is 25.3 Å². The number of hydrogen-bond donors (Lipinski definition) is 2. The molecule has 2 aromatic carbocycles. The lowest BCUT2D eigenvalue weighted by Gasteiger charge is -2.28. The van der Waals surface area contributed by atoms with Crippen LogP contribution in [0, 0.1) is 0 Å². The quantitative estimate of drug-likeness (QED) is 0.704. The first-order valence-electron chi connectivity index (χ1n) is 9.13. The Labute approximate surface area is 163 Å². The molecule has 7 heteroatoms. The number of aromatic hydroxyl groups is 1. The average molecular weight is 378 g/mol. The summed E-state index contributed by atoms with van der Waals surface area (Å²) >= 11 is 0. The molecule has 0 radical (unpaired) electrons. The van der Waals surface area contributed by atoms with E-state index in [0.29, 0.717) is 24.9 Å². The molecule has 0 saturated carbocycles. The van der Waals surface area contributed by atoms with Crippen molar-refractivity contribution in [1.29, 1.82) is 0 Å². The summed E-state index contributed by atoms with van der Waals surface area (Å²) in [6, 6.07) is 16.6. The van der Waals surface area contributed by atoms with Crippen molar-refractivity contribution in [3.05, 3.63) is 54.6 Å². The molecule has 1 aliphatic rings. The second-order valence-corrected chi connectivity index (χ2v) is 6.44. The number of phenolic OH excluding ortho intramolecular Hbond substituents is 1. The molecule has 1 fully saturated rings. The van der Waals surface area contributed by atoms with Crippen LogP contribution in [0.25, 0.3) is 11.4 Å². The minimum atomic E-state index is 0.181. The van der Waals surface area contributed by atoms with E-state index in [9.17, 15) is 5.11 Å². The third kappa shape index (κ3) is 4.15. The lowest BCUT2D eigenvalue weighted by molar-refractivity contribution is 0.122. The van der Waals surface area contributed by atoms with Gasteiger partial charge in [0.1, 0.15) is 23.1 Å². The lowest BCUT2D eigenvalue weighted by atomic mass is 10.2. The maximum absolute atomic E-state index is 9.84. The summed E-state index contributed by atoms with van der Waals surface area (Å²) in [7, 11) is 1.64. The molecule has 28 heavy (non-hydrogen) atoms. The van der Waals surface area contributed by atoms with E-state index in [2.05, 4.69) is 15.2 Å². The number of aromatic nitrogens is 2. The van der Waals surface area contributed by atoms with Crippen molar-refractivity contribution in [2.24, 2.45) is 0 Å². The fraction of sp³-hybridized carbons (Fsp3) is 0.238. The van der Waals surface area contributed by atoms with Crippen LogP contribution in [-0.4, -0.2) is 48.5 Å². The van der Waals surface area contributed by atoms with Crippen LogP contribution in [0.3, 0.4) is 0 Å². The van der Waals surface area contributed by atoms with Gasteiger partial charge in [-0.3, -0.25) is 0 Å². The van der Waals surface area contributed by atoms with E-state index >= 15 is 0 Å². The van der Waals surface area contributed by atoms with E-state index < -0.39 is 0 Å². The minimum Gasteiger partial charge on any atom is -0.508 e. The van der Waals surface area contributed by atoms with Crippen LogP contribution in [0.4, 0.5) is 17.3 Å². The van der Waals surface area contributed by atoms with E-state index in [1.807, 2.05) is 36.4 Å². The monoisotopic (exact) mass is 378 g/mol. The molecule has 0 aliphatic carbocycles. The van der Waals surface area contributed by atoms with E-state index in [1.165, 1.54) is 0 Å². The van der Waals surface area contributed by atoms with Gasteiger partial charge in [-0.25, -0.2) is 9.97 Å². The Morgan fingerprint density at radius 1 is 1.04 bits per heavy atom. The van der Waals surface area contributed by atoms with Crippen LogP contribution in [-0.2, 0) is 4.74 Å². The lowest BCUT2D eigenvalue weighted by Crippen LogP contribution is -2.36. The smallest absolute Gasteiger partial charge is 0.164 e. The van der Waals surface area contributed by atoms with Gasteiger partial charge < -0.3 is 24.8 Å². The number of nitrogens with one attached hydrogen (secondary N) is 1. The Hall–Kier alpha value is -3.32. The largest absolute Gasteiger partial charge is 0.508 e. The van der Waals surface area contributed by atoms with Gasteiger partial charge in [-0.2, -0.15) is 0 Å². The van der Waals surface area contributed by atoms with Crippen LogP contribution in [0.15, 0.2) is 54.6 Å². The topological polar surface area (TPSA) is 79.7 Å². The molecule has 0 spiro atoms. The molecule has 144 valence electrons. The highest BCUT2D eigenvalue weighted by Gasteiger charge is 2.16. The molecule has 1 aliphatic heterocycles. The van der Waals surface area contributed by atoms with Crippen LogP contribution in [0.5, 0.6) is 11.5 Å². The highest BCUT2D eigenvalue weighted by molar-refractivity contribution is 5.67. The highest BCUT2D eigenvalue weighted by atomic mass is 16.5. The molecule has 0 bridgehead atoms. The summed E-state index contributed by atoms with van der Waals surface area (Å²) in [5.74, 6) is 2.98. The third-order valence-electron chi connectivity index (χ3n) is 4.49. The van der Waals surface area contributed by atoms with Gasteiger partial charge in [-0.05, 0) is 24.3 Å². The molecule has 0 amide bonds. The fourth-order valence-corrected chi connectivity index (χ4v) is 3.08. The number of rotatable bonds is 5. The molecule has 0 unspecified atom stereocenters. The van der Waals surface area contributed by atoms with Crippen molar-refractivity contribution in [3.8, 4) is 22.9 Å². The van der Waals surface area contributed by atoms with Crippen LogP contribution < -0.4 is 15.0 Å². The molecule has 2 N–H and O–H groups in total. The zero-order valence-corrected chi connectivity index (χ0v) is 15.6. The number of hydrogen-bond acceptors (Lipinski definition) is 7.